The van der Waals surface area contributed by atoms with Gasteiger partial charge in [-0.1, -0.05) is 11.6 Å². The second kappa shape index (κ2) is 5.85. The molecule has 3 aromatic heterocycles. The Morgan fingerprint density at radius 2 is 1.96 bits per heavy atom. The van der Waals surface area contributed by atoms with Gasteiger partial charge >= 0.3 is 0 Å². The lowest BCUT2D eigenvalue weighted by molar-refractivity contribution is 0.889. The summed E-state index contributed by atoms with van der Waals surface area (Å²) in [6.07, 6.45) is 4.84. The molecular formula is C14H9ClN10. The van der Waals surface area contributed by atoms with Crippen LogP contribution in [0.25, 0.3) is 5.65 Å². The van der Waals surface area contributed by atoms with E-state index in [2.05, 4.69) is 35.7 Å². The lowest BCUT2D eigenvalue weighted by Gasteiger charge is -2.10. The average molecular weight is 353 g/mol. The highest BCUT2D eigenvalue weighted by molar-refractivity contribution is 6.32. The van der Waals surface area contributed by atoms with Crippen LogP contribution < -0.4 is 10.6 Å². The number of hydrogen-bond acceptors (Lipinski definition) is 9. The summed E-state index contributed by atoms with van der Waals surface area (Å²) in [5.41, 5.74) is 0.728. The van der Waals surface area contributed by atoms with Crippen molar-refractivity contribution < 1.29 is 0 Å². The first kappa shape index (κ1) is 15.1. The van der Waals surface area contributed by atoms with Crippen LogP contribution >= 0.6 is 11.6 Å². The minimum Gasteiger partial charge on any atom is -0.364 e. The predicted molar refractivity (Wildman–Crippen MR) is 87.2 cm³/mol. The van der Waals surface area contributed by atoms with Gasteiger partial charge in [-0.25, -0.2) is 9.97 Å². The van der Waals surface area contributed by atoms with Crippen molar-refractivity contribution in [1.82, 2.24) is 29.5 Å². The molecular weight excluding hydrogens is 344 g/mol. The van der Waals surface area contributed by atoms with Gasteiger partial charge in [-0.2, -0.15) is 25.0 Å². The van der Waals surface area contributed by atoms with Gasteiger partial charge in [0.25, 0.3) is 0 Å². The molecule has 4 rings (SSSR count). The number of rotatable bonds is 4. The minimum atomic E-state index is -0.0374. The normalized spacial score (nSPS) is 13.2. The summed E-state index contributed by atoms with van der Waals surface area (Å²) < 4.78 is 1.39. The Balaban J connectivity index is 1.79. The van der Waals surface area contributed by atoms with Crippen molar-refractivity contribution in [3.63, 3.8) is 0 Å². The first-order chi connectivity index (χ1) is 12.2. The van der Waals surface area contributed by atoms with Crippen LogP contribution in [0.5, 0.6) is 0 Å². The number of nitriles is 2. The smallest absolute Gasteiger partial charge is 0.248 e. The number of nitrogens with zero attached hydrogens (tertiary/aromatic N) is 8. The van der Waals surface area contributed by atoms with Crippen molar-refractivity contribution in [2.24, 2.45) is 0 Å². The molecule has 1 aliphatic carbocycles. The molecule has 0 saturated heterocycles. The van der Waals surface area contributed by atoms with E-state index in [0.717, 1.165) is 12.8 Å². The van der Waals surface area contributed by atoms with E-state index < -0.39 is 0 Å². The predicted octanol–water partition coefficient (Wildman–Crippen LogP) is 1.63. The van der Waals surface area contributed by atoms with Crippen molar-refractivity contribution >= 4 is 34.8 Å². The molecule has 25 heavy (non-hydrogen) atoms. The summed E-state index contributed by atoms with van der Waals surface area (Å²) in [6, 6.07) is 4.20. The molecule has 3 aromatic rings. The van der Waals surface area contributed by atoms with E-state index in [4.69, 9.17) is 16.9 Å². The maximum absolute atomic E-state index is 9.21. The van der Waals surface area contributed by atoms with Gasteiger partial charge in [0.15, 0.2) is 23.0 Å². The van der Waals surface area contributed by atoms with E-state index in [-0.39, 0.29) is 28.3 Å². The summed E-state index contributed by atoms with van der Waals surface area (Å²) >= 11 is 6.05. The second-order valence-corrected chi connectivity index (χ2v) is 5.73. The molecule has 0 atom stereocenters. The van der Waals surface area contributed by atoms with E-state index in [1.165, 1.54) is 16.9 Å². The first-order valence-corrected chi connectivity index (χ1v) is 7.68. The molecule has 0 unspecified atom stereocenters. The zero-order valence-corrected chi connectivity index (χ0v) is 13.4. The Kier molecular flexibility index (Phi) is 3.52. The highest BCUT2D eigenvalue weighted by Gasteiger charge is 2.24. The van der Waals surface area contributed by atoms with Crippen LogP contribution in [-0.4, -0.2) is 35.6 Å². The molecule has 1 aliphatic rings. The van der Waals surface area contributed by atoms with Gasteiger partial charge in [0.2, 0.25) is 11.8 Å². The van der Waals surface area contributed by atoms with Crippen LogP contribution in [0.4, 0.5) is 17.6 Å². The molecule has 1 fully saturated rings. The standard InChI is InChI=1S/C14H9ClN10/c15-9-6-18-10(4-17)21-11(9)22-14-23-12(20-7-1-2-7)13-19-5-8(3-16)25(13)24-14/h5-7H,1-2H2,(H2,18,20,21,22,23,24). The molecule has 0 spiro atoms. The highest BCUT2D eigenvalue weighted by atomic mass is 35.5. The fourth-order valence-corrected chi connectivity index (χ4v) is 2.28. The maximum atomic E-state index is 9.21. The summed E-state index contributed by atoms with van der Waals surface area (Å²) in [5, 5.41) is 28.7. The maximum Gasteiger partial charge on any atom is 0.248 e. The Morgan fingerprint density at radius 3 is 2.68 bits per heavy atom. The lowest BCUT2D eigenvalue weighted by atomic mass is 10.5. The second-order valence-electron chi connectivity index (χ2n) is 5.32. The van der Waals surface area contributed by atoms with Gasteiger partial charge in [0.05, 0.1) is 12.4 Å². The molecule has 11 heteroatoms. The lowest BCUT2D eigenvalue weighted by Crippen LogP contribution is -2.11. The fourth-order valence-electron chi connectivity index (χ4n) is 2.14. The molecule has 0 radical (unpaired) electrons. The van der Waals surface area contributed by atoms with Gasteiger partial charge in [0, 0.05) is 6.04 Å². The largest absolute Gasteiger partial charge is 0.364 e. The van der Waals surface area contributed by atoms with Gasteiger partial charge < -0.3 is 10.6 Å². The van der Waals surface area contributed by atoms with Gasteiger partial charge in [-0.3, -0.25) is 0 Å². The number of halogens is 1. The van der Waals surface area contributed by atoms with Crippen molar-refractivity contribution in [3.05, 3.63) is 28.9 Å². The molecule has 0 bridgehead atoms. The molecule has 3 heterocycles. The van der Waals surface area contributed by atoms with Crippen LogP contribution in [0.3, 0.4) is 0 Å². The van der Waals surface area contributed by atoms with Crippen LogP contribution in [0.15, 0.2) is 12.4 Å². The van der Waals surface area contributed by atoms with Crippen molar-refractivity contribution in [2.75, 3.05) is 10.6 Å². The third kappa shape index (κ3) is 2.86. The Labute approximate surface area is 146 Å². The SMILES string of the molecule is N#Cc1ncc(Cl)c(Nc2nc(NC3CC3)c3ncc(C#N)n3n2)n1. The van der Waals surface area contributed by atoms with E-state index in [9.17, 15) is 5.26 Å². The molecule has 2 N–H and O–H groups in total. The van der Waals surface area contributed by atoms with E-state index >= 15 is 0 Å². The molecule has 0 amide bonds. The molecule has 0 aliphatic heterocycles. The summed E-state index contributed by atoms with van der Waals surface area (Å²) in [6.45, 7) is 0. The number of anilines is 3. The summed E-state index contributed by atoms with van der Waals surface area (Å²) in [7, 11) is 0. The van der Waals surface area contributed by atoms with Crippen LogP contribution in [0, 0.1) is 22.7 Å². The fraction of sp³-hybridized carbons (Fsp3) is 0.214. The molecule has 0 aromatic carbocycles. The summed E-state index contributed by atoms with van der Waals surface area (Å²) in [4.78, 5) is 16.4. The Hall–Kier alpha value is -3.50. The third-order valence-corrected chi connectivity index (χ3v) is 3.75. The zero-order chi connectivity index (χ0) is 17.4. The quantitative estimate of drug-likeness (QED) is 0.716. The number of nitrogens with one attached hydrogen (secondary N) is 2. The van der Waals surface area contributed by atoms with E-state index in [1.54, 1.807) is 0 Å². The number of hydrogen-bond donors (Lipinski definition) is 2. The first-order valence-electron chi connectivity index (χ1n) is 7.30. The molecule has 122 valence electrons. The Morgan fingerprint density at radius 1 is 1.12 bits per heavy atom. The number of imidazole rings is 1. The minimum absolute atomic E-state index is 0.0374. The Bertz CT molecular complexity index is 1060. The number of fused-ring (bicyclic) bond motifs is 1. The van der Waals surface area contributed by atoms with Crippen LogP contribution in [0.2, 0.25) is 5.02 Å². The highest BCUT2D eigenvalue weighted by Crippen LogP contribution is 2.27. The van der Waals surface area contributed by atoms with Crippen molar-refractivity contribution in [1.29, 1.82) is 10.5 Å². The van der Waals surface area contributed by atoms with Gasteiger partial charge in [0.1, 0.15) is 17.2 Å². The zero-order valence-electron chi connectivity index (χ0n) is 12.6. The summed E-state index contributed by atoms with van der Waals surface area (Å²) in [5.74, 6) is 0.829. The topological polar surface area (TPSA) is 140 Å². The average Bonchev–Trinajstić information content (AvgIpc) is 3.33. The van der Waals surface area contributed by atoms with Crippen molar-refractivity contribution in [3.8, 4) is 12.1 Å². The van der Waals surface area contributed by atoms with Gasteiger partial charge in [-0.15, -0.1) is 5.10 Å². The molecule has 10 nitrogen and oxygen atoms in total. The van der Waals surface area contributed by atoms with Crippen molar-refractivity contribution in [2.45, 2.75) is 18.9 Å². The van der Waals surface area contributed by atoms with E-state index in [0.29, 0.717) is 17.5 Å². The van der Waals surface area contributed by atoms with Crippen LogP contribution in [-0.2, 0) is 0 Å². The monoisotopic (exact) mass is 352 g/mol. The number of aromatic nitrogens is 6. The van der Waals surface area contributed by atoms with Gasteiger partial charge in [-0.05, 0) is 12.8 Å². The van der Waals surface area contributed by atoms with E-state index in [1.807, 2.05) is 12.1 Å². The molecule has 1 saturated carbocycles. The van der Waals surface area contributed by atoms with Crippen LogP contribution in [0.1, 0.15) is 24.4 Å². The third-order valence-electron chi connectivity index (χ3n) is 3.47.